The van der Waals surface area contributed by atoms with Gasteiger partial charge in [0.2, 0.25) is 5.91 Å². The molecule has 0 aromatic carbocycles. The highest BCUT2D eigenvalue weighted by molar-refractivity contribution is 7.80. The third-order valence-electron chi connectivity index (χ3n) is 3.56. The molecular formula is C13H24N2O2S. The number of hydrogen-bond donors (Lipinski definition) is 3. The third-order valence-corrected chi connectivity index (χ3v) is 3.82. The highest BCUT2D eigenvalue weighted by atomic mass is 32.1. The summed E-state index contributed by atoms with van der Waals surface area (Å²) >= 11 is 4.95. The zero-order chi connectivity index (χ0) is 13.7. The van der Waals surface area contributed by atoms with Gasteiger partial charge in [0.15, 0.2) is 0 Å². The van der Waals surface area contributed by atoms with Crippen LogP contribution in [0, 0.1) is 11.8 Å². The summed E-state index contributed by atoms with van der Waals surface area (Å²) in [5, 5.41) is 12.9. The molecular weight excluding hydrogens is 248 g/mol. The second kappa shape index (κ2) is 7.04. The number of amides is 1. The maximum atomic E-state index is 12.2. The van der Waals surface area contributed by atoms with Crippen molar-refractivity contribution in [2.24, 2.45) is 17.6 Å². The number of rotatable bonds is 4. The smallest absolute Gasteiger partial charge is 0.230 e. The van der Waals surface area contributed by atoms with E-state index in [4.69, 9.17) is 18.0 Å². The standard InChI is InChI=1S/C13H24N2O2S/c1-8(2)11(12(14)18)13(17)15-9-6-4-3-5-7-10(9)16/h8-11,16H,3-7H2,1-2H3,(H2,14,18)(H,15,17). The minimum absolute atomic E-state index is 0.0745. The van der Waals surface area contributed by atoms with Gasteiger partial charge >= 0.3 is 0 Å². The Morgan fingerprint density at radius 1 is 1.33 bits per heavy atom. The summed E-state index contributed by atoms with van der Waals surface area (Å²) in [5.74, 6) is -0.524. The average molecular weight is 272 g/mol. The van der Waals surface area contributed by atoms with Crippen molar-refractivity contribution in [2.45, 2.75) is 58.1 Å². The molecule has 1 rings (SSSR count). The van der Waals surface area contributed by atoms with Gasteiger partial charge in [-0.15, -0.1) is 0 Å². The lowest BCUT2D eigenvalue weighted by Crippen LogP contribution is -2.48. The summed E-state index contributed by atoms with van der Waals surface area (Å²) in [4.78, 5) is 12.4. The molecule has 1 aliphatic rings. The first kappa shape index (κ1) is 15.4. The molecule has 104 valence electrons. The van der Waals surface area contributed by atoms with E-state index in [9.17, 15) is 9.90 Å². The topological polar surface area (TPSA) is 75.3 Å². The first-order valence-corrected chi connectivity index (χ1v) is 7.12. The van der Waals surface area contributed by atoms with E-state index in [2.05, 4.69) is 5.32 Å². The molecule has 0 radical (unpaired) electrons. The number of thiocarbonyl (C=S) groups is 1. The Morgan fingerprint density at radius 2 is 1.94 bits per heavy atom. The lowest BCUT2D eigenvalue weighted by atomic mass is 9.94. The molecule has 3 atom stereocenters. The monoisotopic (exact) mass is 272 g/mol. The van der Waals surface area contributed by atoms with Gasteiger partial charge < -0.3 is 16.2 Å². The molecule has 1 saturated carbocycles. The van der Waals surface area contributed by atoms with Crippen LogP contribution < -0.4 is 11.1 Å². The maximum absolute atomic E-state index is 12.2. The van der Waals surface area contributed by atoms with Gasteiger partial charge in [0.1, 0.15) is 0 Å². The van der Waals surface area contributed by atoms with E-state index < -0.39 is 12.0 Å². The van der Waals surface area contributed by atoms with Crippen molar-refractivity contribution in [2.75, 3.05) is 0 Å². The van der Waals surface area contributed by atoms with Crippen molar-refractivity contribution in [3.05, 3.63) is 0 Å². The van der Waals surface area contributed by atoms with Gasteiger partial charge in [-0.25, -0.2) is 0 Å². The lowest BCUT2D eigenvalue weighted by Gasteiger charge is -2.26. The molecule has 0 saturated heterocycles. The number of hydrogen-bond acceptors (Lipinski definition) is 3. The predicted molar refractivity (Wildman–Crippen MR) is 76.1 cm³/mol. The van der Waals surface area contributed by atoms with Crippen molar-refractivity contribution in [1.29, 1.82) is 0 Å². The average Bonchev–Trinajstić information content (AvgIpc) is 2.43. The summed E-state index contributed by atoms with van der Waals surface area (Å²) < 4.78 is 0. The Bertz CT molecular complexity index is 307. The van der Waals surface area contributed by atoms with Crippen molar-refractivity contribution in [3.8, 4) is 0 Å². The third kappa shape index (κ3) is 4.21. The lowest BCUT2D eigenvalue weighted by molar-refractivity contribution is -0.125. The van der Waals surface area contributed by atoms with E-state index in [1.165, 1.54) is 0 Å². The minimum Gasteiger partial charge on any atom is -0.393 e. The molecule has 4 N–H and O–H groups in total. The van der Waals surface area contributed by atoms with Gasteiger partial charge in [0.05, 0.1) is 23.1 Å². The van der Waals surface area contributed by atoms with Gasteiger partial charge in [0.25, 0.3) is 0 Å². The van der Waals surface area contributed by atoms with Crippen LogP contribution in [0.15, 0.2) is 0 Å². The Hall–Kier alpha value is -0.680. The van der Waals surface area contributed by atoms with Crippen LogP contribution in [-0.2, 0) is 4.79 Å². The summed E-state index contributed by atoms with van der Waals surface area (Å²) in [5.41, 5.74) is 5.62. The number of nitrogens with two attached hydrogens (primary N) is 1. The van der Waals surface area contributed by atoms with E-state index in [-0.39, 0.29) is 22.9 Å². The molecule has 5 heteroatoms. The van der Waals surface area contributed by atoms with Crippen molar-refractivity contribution >= 4 is 23.1 Å². The van der Waals surface area contributed by atoms with Gasteiger partial charge in [-0.05, 0) is 18.8 Å². The van der Waals surface area contributed by atoms with Crippen LogP contribution in [0.3, 0.4) is 0 Å². The SMILES string of the molecule is CC(C)C(C(=O)NC1CCCCCC1O)C(N)=S. The normalized spacial score (nSPS) is 26.4. The molecule has 0 aromatic rings. The van der Waals surface area contributed by atoms with Gasteiger partial charge in [0, 0.05) is 0 Å². The van der Waals surface area contributed by atoms with Gasteiger partial charge in [-0.3, -0.25) is 4.79 Å². The van der Waals surface area contributed by atoms with Crippen LogP contribution in [0.1, 0.15) is 46.0 Å². The molecule has 1 amide bonds. The number of aliphatic hydroxyl groups is 1. The van der Waals surface area contributed by atoms with E-state index in [0.717, 1.165) is 32.1 Å². The Labute approximate surface area is 114 Å². The summed E-state index contributed by atoms with van der Waals surface area (Å²) in [6.07, 6.45) is 4.32. The van der Waals surface area contributed by atoms with Gasteiger partial charge in [-0.1, -0.05) is 45.3 Å². The predicted octanol–water partition coefficient (Wildman–Crippen LogP) is 1.35. The highest BCUT2D eigenvalue weighted by Crippen LogP contribution is 2.19. The van der Waals surface area contributed by atoms with Crippen LogP contribution in [-0.4, -0.2) is 28.1 Å². The minimum atomic E-state index is -0.449. The van der Waals surface area contributed by atoms with E-state index in [1.54, 1.807) is 0 Å². The van der Waals surface area contributed by atoms with E-state index in [0.29, 0.717) is 0 Å². The Morgan fingerprint density at radius 3 is 2.50 bits per heavy atom. The van der Waals surface area contributed by atoms with Crippen LogP contribution >= 0.6 is 12.2 Å². The Kier molecular flexibility index (Phi) is 6.02. The number of carbonyl (C=O) groups is 1. The summed E-state index contributed by atoms with van der Waals surface area (Å²) in [6, 6.07) is -0.157. The first-order chi connectivity index (χ1) is 8.43. The maximum Gasteiger partial charge on any atom is 0.230 e. The molecule has 3 unspecified atom stereocenters. The van der Waals surface area contributed by atoms with Crippen molar-refractivity contribution in [3.63, 3.8) is 0 Å². The fraction of sp³-hybridized carbons (Fsp3) is 0.846. The van der Waals surface area contributed by atoms with Crippen molar-refractivity contribution < 1.29 is 9.90 Å². The molecule has 0 aliphatic heterocycles. The molecule has 0 aromatic heterocycles. The second-order valence-electron chi connectivity index (χ2n) is 5.44. The number of carbonyl (C=O) groups excluding carboxylic acids is 1. The molecule has 0 spiro atoms. The highest BCUT2D eigenvalue weighted by Gasteiger charge is 2.29. The second-order valence-corrected chi connectivity index (χ2v) is 5.92. The molecule has 1 fully saturated rings. The van der Waals surface area contributed by atoms with Crippen molar-refractivity contribution in [1.82, 2.24) is 5.32 Å². The fourth-order valence-electron chi connectivity index (χ4n) is 2.49. The summed E-state index contributed by atoms with van der Waals surface area (Å²) in [7, 11) is 0. The molecule has 1 aliphatic carbocycles. The largest absolute Gasteiger partial charge is 0.393 e. The number of nitrogens with one attached hydrogen (secondary N) is 1. The summed E-state index contributed by atoms with van der Waals surface area (Å²) in [6.45, 7) is 3.85. The Balaban J connectivity index is 2.63. The van der Waals surface area contributed by atoms with Crippen LogP contribution in [0.4, 0.5) is 0 Å². The van der Waals surface area contributed by atoms with E-state index >= 15 is 0 Å². The van der Waals surface area contributed by atoms with Crippen LogP contribution in [0.5, 0.6) is 0 Å². The number of aliphatic hydroxyl groups excluding tert-OH is 1. The molecule has 18 heavy (non-hydrogen) atoms. The van der Waals surface area contributed by atoms with Crippen LogP contribution in [0.2, 0.25) is 0 Å². The zero-order valence-electron chi connectivity index (χ0n) is 11.2. The van der Waals surface area contributed by atoms with Crippen LogP contribution in [0.25, 0.3) is 0 Å². The quantitative estimate of drug-likeness (QED) is 0.533. The van der Waals surface area contributed by atoms with Gasteiger partial charge in [-0.2, -0.15) is 0 Å². The fourth-order valence-corrected chi connectivity index (χ4v) is 2.87. The zero-order valence-corrected chi connectivity index (χ0v) is 12.0. The first-order valence-electron chi connectivity index (χ1n) is 6.71. The van der Waals surface area contributed by atoms with E-state index in [1.807, 2.05) is 13.8 Å². The molecule has 0 bridgehead atoms. The molecule has 4 nitrogen and oxygen atoms in total. The molecule has 0 heterocycles.